The molecule has 0 atom stereocenters. The van der Waals surface area contributed by atoms with Gasteiger partial charge in [-0.15, -0.1) is 11.8 Å². The zero-order valence-electron chi connectivity index (χ0n) is 9.91. The lowest BCUT2D eigenvalue weighted by Gasteiger charge is -2.07. The smallest absolute Gasteiger partial charge is 0.141 e. The van der Waals surface area contributed by atoms with Crippen molar-refractivity contribution in [1.82, 2.24) is 0 Å². The van der Waals surface area contributed by atoms with E-state index in [0.29, 0.717) is 6.54 Å². The summed E-state index contributed by atoms with van der Waals surface area (Å²) in [7, 11) is 0. The fourth-order valence-electron chi connectivity index (χ4n) is 1.56. The Kier molecular flexibility index (Phi) is 4.50. The van der Waals surface area contributed by atoms with Crippen molar-refractivity contribution in [1.29, 1.82) is 0 Å². The molecule has 0 aliphatic rings. The van der Waals surface area contributed by atoms with Crippen LogP contribution in [0.3, 0.4) is 0 Å². The Balaban J connectivity index is 1.99. The number of nitrogens with one attached hydrogen (secondary N) is 1. The van der Waals surface area contributed by atoms with E-state index >= 15 is 0 Å². The van der Waals surface area contributed by atoms with Gasteiger partial charge in [0.05, 0.1) is 5.02 Å². The lowest BCUT2D eigenvalue weighted by molar-refractivity contribution is 0.627. The molecule has 2 aromatic rings. The van der Waals surface area contributed by atoms with Crippen LogP contribution in [0.4, 0.5) is 10.1 Å². The molecule has 0 bridgehead atoms. The molecule has 0 spiro atoms. The van der Waals surface area contributed by atoms with Crippen molar-refractivity contribution in [3.63, 3.8) is 0 Å². The molecule has 1 N–H and O–H groups in total. The molecule has 1 nitrogen and oxygen atoms in total. The van der Waals surface area contributed by atoms with Crippen LogP contribution in [0, 0.1) is 5.82 Å². The van der Waals surface area contributed by atoms with Crippen LogP contribution in [-0.4, -0.2) is 6.26 Å². The molecule has 0 aliphatic heterocycles. The van der Waals surface area contributed by atoms with Gasteiger partial charge >= 0.3 is 0 Å². The first-order valence-electron chi connectivity index (χ1n) is 5.51. The Morgan fingerprint density at radius 1 is 1.17 bits per heavy atom. The second-order valence-electron chi connectivity index (χ2n) is 3.83. The summed E-state index contributed by atoms with van der Waals surface area (Å²) in [6, 6.07) is 12.9. The molecule has 0 amide bonds. The van der Waals surface area contributed by atoms with Crippen molar-refractivity contribution >= 4 is 29.1 Å². The van der Waals surface area contributed by atoms with Crippen LogP contribution < -0.4 is 5.32 Å². The van der Waals surface area contributed by atoms with Crippen molar-refractivity contribution in [2.24, 2.45) is 0 Å². The molecule has 0 fully saturated rings. The first kappa shape index (κ1) is 13.2. The van der Waals surface area contributed by atoms with Gasteiger partial charge in [0, 0.05) is 17.1 Å². The Hall–Kier alpha value is -1.19. The highest BCUT2D eigenvalue weighted by molar-refractivity contribution is 7.98. The molecule has 0 unspecified atom stereocenters. The van der Waals surface area contributed by atoms with Crippen LogP contribution in [0.15, 0.2) is 47.4 Å². The van der Waals surface area contributed by atoms with E-state index in [1.807, 2.05) is 18.4 Å². The summed E-state index contributed by atoms with van der Waals surface area (Å²) in [6.45, 7) is 0.624. The minimum absolute atomic E-state index is 0.159. The van der Waals surface area contributed by atoms with Crippen LogP contribution in [0.1, 0.15) is 5.56 Å². The van der Waals surface area contributed by atoms with Gasteiger partial charge in [0.15, 0.2) is 0 Å². The highest BCUT2D eigenvalue weighted by Crippen LogP contribution is 2.19. The maximum atomic E-state index is 13.0. The summed E-state index contributed by atoms with van der Waals surface area (Å²) in [4.78, 5) is 1.23. The number of halogens is 2. The van der Waals surface area contributed by atoms with Crippen LogP contribution in [-0.2, 0) is 6.54 Å². The lowest BCUT2D eigenvalue weighted by atomic mass is 10.2. The lowest BCUT2D eigenvalue weighted by Crippen LogP contribution is -1.99. The maximum absolute atomic E-state index is 13.0. The predicted octanol–water partition coefficient (Wildman–Crippen LogP) is 4.81. The van der Waals surface area contributed by atoms with Crippen LogP contribution in [0.2, 0.25) is 5.02 Å². The van der Waals surface area contributed by atoms with E-state index < -0.39 is 0 Å². The third-order valence-electron chi connectivity index (χ3n) is 2.57. The van der Waals surface area contributed by atoms with Crippen molar-refractivity contribution in [2.75, 3.05) is 11.6 Å². The van der Waals surface area contributed by atoms with E-state index in [9.17, 15) is 4.39 Å². The van der Waals surface area contributed by atoms with E-state index in [2.05, 4.69) is 17.4 Å². The van der Waals surface area contributed by atoms with Gasteiger partial charge < -0.3 is 5.32 Å². The molecule has 4 heteroatoms. The van der Waals surface area contributed by atoms with Gasteiger partial charge in [-0.3, -0.25) is 0 Å². The minimum Gasteiger partial charge on any atom is -0.381 e. The average Bonchev–Trinajstić information content (AvgIpc) is 2.41. The highest BCUT2D eigenvalue weighted by atomic mass is 35.5. The van der Waals surface area contributed by atoms with E-state index in [4.69, 9.17) is 11.6 Å². The van der Waals surface area contributed by atoms with Crippen molar-refractivity contribution in [3.8, 4) is 0 Å². The van der Waals surface area contributed by atoms with Crippen molar-refractivity contribution in [2.45, 2.75) is 11.4 Å². The number of hydrogen-bond acceptors (Lipinski definition) is 2. The highest BCUT2D eigenvalue weighted by Gasteiger charge is 2.01. The van der Waals surface area contributed by atoms with Crippen LogP contribution >= 0.6 is 23.4 Å². The topological polar surface area (TPSA) is 12.0 Å². The van der Waals surface area contributed by atoms with Crippen LogP contribution in [0.25, 0.3) is 0 Å². The monoisotopic (exact) mass is 281 g/mol. The Labute approximate surface area is 115 Å². The third-order valence-corrected chi connectivity index (χ3v) is 3.60. The molecule has 0 radical (unpaired) electrons. The molecule has 94 valence electrons. The van der Waals surface area contributed by atoms with Gasteiger partial charge in [-0.25, -0.2) is 4.39 Å². The largest absolute Gasteiger partial charge is 0.381 e. The third kappa shape index (κ3) is 3.40. The maximum Gasteiger partial charge on any atom is 0.141 e. The molecule has 2 aromatic carbocycles. The summed E-state index contributed by atoms with van der Waals surface area (Å²) in [5.74, 6) is -0.384. The van der Waals surface area contributed by atoms with E-state index in [0.717, 1.165) is 11.3 Å². The average molecular weight is 282 g/mol. The molecule has 0 heterocycles. The molecule has 18 heavy (non-hydrogen) atoms. The van der Waals surface area contributed by atoms with Crippen LogP contribution in [0.5, 0.6) is 0 Å². The number of rotatable bonds is 4. The zero-order chi connectivity index (χ0) is 13.0. The number of thioether (sulfide) groups is 1. The second-order valence-corrected chi connectivity index (χ2v) is 5.12. The molecule has 0 aromatic heterocycles. The fourth-order valence-corrected chi connectivity index (χ4v) is 2.17. The van der Waals surface area contributed by atoms with Gasteiger partial charge in [-0.1, -0.05) is 17.7 Å². The zero-order valence-corrected chi connectivity index (χ0v) is 11.5. The SMILES string of the molecule is CSc1ccc(NCc2ccc(F)c(Cl)c2)cc1. The summed E-state index contributed by atoms with van der Waals surface area (Å²) in [5.41, 5.74) is 1.99. The molecule has 0 aliphatic carbocycles. The summed E-state index contributed by atoms with van der Waals surface area (Å²) < 4.78 is 13.0. The van der Waals surface area contributed by atoms with Gasteiger partial charge in [0.25, 0.3) is 0 Å². The van der Waals surface area contributed by atoms with E-state index in [1.54, 1.807) is 23.9 Å². The molecule has 0 saturated carbocycles. The molecular formula is C14H13ClFNS. The Morgan fingerprint density at radius 2 is 1.89 bits per heavy atom. The Morgan fingerprint density at radius 3 is 2.50 bits per heavy atom. The van der Waals surface area contributed by atoms with Gasteiger partial charge in [-0.2, -0.15) is 0 Å². The predicted molar refractivity (Wildman–Crippen MR) is 77.0 cm³/mol. The number of anilines is 1. The summed E-state index contributed by atoms with van der Waals surface area (Å²) in [5, 5.41) is 3.43. The van der Waals surface area contributed by atoms with Crippen molar-refractivity contribution in [3.05, 3.63) is 58.9 Å². The Bertz CT molecular complexity index is 528. The van der Waals surface area contributed by atoms with E-state index in [1.165, 1.54) is 11.0 Å². The molecule has 0 saturated heterocycles. The quantitative estimate of drug-likeness (QED) is 0.807. The van der Waals surface area contributed by atoms with Crippen molar-refractivity contribution < 1.29 is 4.39 Å². The van der Waals surface area contributed by atoms with E-state index in [-0.39, 0.29) is 10.8 Å². The van der Waals surface area contributed by atoms with Gasteiger partial charge in [-0.05, 0) is 48.2 Å². The van der Waals surface area contributed by atoms with Gasteiger partial charge in [0.2, 0.25) is 0 Å². The second kappa shape index (κ2) is 6.12. The first-order valence-corrected chi connectivity index (χ1v) is 7.11. The molecular weight excluding hydrogens is 269 g/mol. The molecule has 2 rings (SSSR count). The standard InChI is InChI=1S/C14H13ClFNS/c1-18-12-5-3-11(4-6-12)17-9-10-2-7-14(16)13(15)8-10/h2-8,17H,9H2,1H3. The first-order chi connectivity index (χ1) is 8.69. The number of hydrogen-bond donors (Lipinski definition) is 1. The minimum atomic E-state index is -0.384. The number of benzene rings is 2. The van der Waals surface area contributed by atoms with Gasteiger partial charge in [0.1, 0.15) is 5.82 Å². The normalized spacial score (nSPS) is 10.4. The summed E-state index contributed by atoms with van der Waals surface area (Å²) >= 11 is 7.44. The summed E-state index contributed by atoms with van der Waals surface area (Å²) in [6.07, 6.45) is 2.04. The fraction of sp³-hybridized carbons (Fsp3) is 0.143.